The summed E-state index contributed by atoms with van der Waals surface area (Å²) in [4.78, 5) is 27.9. The van der Waals surface area contributed by atoms with E-state index in [4.69, 9.17) is 5.11 Å². The van der Waals surface area contributed by atoms with Crippen molar-refractivity contribution in [2.45, 2.75) is 40.3 Å². The second-order valence-electron chi connectivity index (χ2n) is 5.78. The number of thiazole rings is 1. The Hall–Kier alpha value is -2.55. The highest BCUT2D eigenvalue weighted by molar-refractivity contribution is 7.13. The van der Waals surface area contributed by atoms with Gasteiger partial charge in [-0.1, -0.05) is 0 Å². The van der Waals surface area contributed by atoms with Crippen LogP contribution in [0.4, 0.5) is 8.78 Å². The van der Waals surface area contributed by atoms with Gasteiger partial charge in [0.15, 0.2) is 0 Å². The predicted molar refractivity (Wildman–Crippen MR) is 92.2 cm³/mol. The summed E-state index contributed by atoms with van der Waals surface area (Å²) in [6.07, 6.45) is 0. The van der Waals surface area contributed by atoms with Crippen LogP contribution in [0.15, 0.2) is 12.1 Å². The third-order valence-corrected chi connectivity index (χ3v) is 4.98. The van der Waals surface area contributed by atoms with Gasteiger partial charge in [0.1, 0.15) is 15.6 Å². The first kappa shape index (κ1) is 19.8. The lowest BCUT2D eigenvalue weighted by atomic mass is 10.0. The van der Waals surface area contributed by atoms with E-state index in [1.54, 1.807) is 27.7 Å². The van der Waals surface area contributed by atoms with Crippen molar-refractivity contribution in [2.75, 3.05) is 0 Å². The van der Waals surface area contributed by atoms with E-state index in [0.29, 0.717) is 27.4 Å². The average Bonchev–Trinajstić information content (AvgIpc) is 2.92. The predicted octanol–water partition coefficient (Wildman–Crippen LogP) is 3.86. The maximum Gasteiger partial charge on any atom is 0.387 e. The molecular formula is C17H18F2N2O4S. The Bertz CT molecular complexity index is 828. The molecule has 1 amide bonds. The molecule has 1 aromatic carbocycles. The smallest absolute Gasteiger partial charge is 0.387 e. The van der Waals surface area contributed by atoms with Crippen LogP contribution < -0.4 is 10.1 Å². The number of carbonyl (C=O) groups is 2. The molecule has 0 saturated heterocycles. The minimum atomic E-state index is -2.94. The van der Waals surface area contributed by atoms with Gasteiger partial charge in [0.05, 0.1) is 11.7 Å². The third-order valence-electron chi connectivity index (χ3n) is 3.65. The van der Waals surface area contributed by atoms with Gasteiger partial charge in [-0.05, 0) is 51.0 Å². The summed E-state index contributed by atoms with van der Waals surface area (Å²) in [5, 5.41) is 12.3. The van der Waals surface area contributed by atoms with E-state index in [1.807, 2.05) is 0 Å². The van der Waals surface area contributed by atoms with Gasteiger partial charge in [-0.25, -0.2) is 9.78 Å². The molecule has 1 aromatic heterocycles. The standard InChI is InChI=1S/C17H18F2N2O4S/c1-7-5-11(6-8(2)12(7)25-17(18)19)14(22)20-10(4)15-21-9(3)13(26-15)16(23)24/h5-6,10,17H,1-4H3,(H,20,22)(H,23,24). The van der Waals surface area contributed by atoms with E-state index in [2.05, 4.69) is 15.0 Å². The molecule has 0 aliphatic carbocycles. The number of amides is 1. The molecule has 0 saturated carbocycles. The summed E-state index contributed by atoms with van der Waals surface area (Å²) >= 11 is 1.000. The van der Waals surface area contributed by atoms with Crippen molar-refractivity contribution in [2.24, 2.45) is 0 Å². The number of hydrogen-bond acceptors (Lipinski definition) is 5. The van der Waals surface area contributed by atoms with Crippen molar-refractivity contribution in [3.05, 3.63) is 44.4 Å². The topological polar surface area (TPSA) is 88.5 Å². The number of aromatic nitrogens is 1. The van der Waals surface area contributed by atoms with E-state index in [-0.39, 0.29) is 10.6 Å². The number of rotatable bonds is 6. The number of benzene rings is 1. The van der Waals surface area contributed by atoms with Crippen LogP contribution in [0.1, 0.15) is 54.8 Å². The Balaban J connectivity index is 2.19. The van der Waals surface area contributed by atoms with E-state index in [0.717, 1.165) is 11.3 Å². The van der Waals surface area contributed by atoms with Crippen molar-refractivity contribution in [1.82, 2.24) is 10.3 Å². The zero-order valence-corrected chi connectivity index (χ0v) is 15.4. The highest BCUT2D eigenvalue weighted by Crippen LogP contribution is 2.27. The zero-order chi connectivity index (χ0) is 19.6. The summed E-state index contributed by atoms with van der Waals surface area (Å²) in [6.45, 7) is 3.49. The Labute approximate surface area is 152 Å². The number of hydrogen-bond donors (Lipinski definition) is 2. The average molecular weight is 384 g/mol. The first-order valence-corrected chi connectivity index (χ1v) is 8.49. The summed E-state index contributed by atoms with van der Waals surface area (Å²) in [5.74, 6) is -1.44. The molecule has 9 heteroatoms. The molecule has 26 heavy (non-hydrogen) atoms. The van der Waals surface area contributed by atoms with Gasteiger partial charge in [0.25, 0.3) is 5.91 Å². The Morgan fingerprint density at radius 3 is 2.27 bits per heavy atom. The molecule has 0 aliphatic heterocycles. The van der Waals surface area contributed by atoms with Crippen LogP contribution in [-0.2, 0) is 0 Å². The van der Waals surface area contributed by atoms with Gasteiger partial charge in [0.2, 0.25) is 0 Å². The number of aromatic carboxylic acids is 1. The molecule has 0 spiro atoms. The molecule has 0 aliphatic rings. The zero-order valence-electron chi connectivity index (χ0n) is 14.6. The number of nitrogens with zero attached hydrogens (tertiary/aromatic N) is 1. The fourth-order valence-corrected chi connectivity index (χ4v) is 3.41. The molecule has 0 radical (unpaired) electrons. The normalized spacial score (nSPS) is 12.1. The second kappa shape index (κ2) is 7.77. The summed E-state index contributed by atoms with van der Waals surface area (Å²) < 4.78 is 29.4. The Morgan fingerprint density at radius 1 is 1.23 bits per heavy atom. The number of halogens is 2. The number of carboxylic acids is 1. The van der Waals surface area contributed by atoms with Crippen molar-refractivity contribution in [1.29, 1.82) is 0 Å². The molecular weight excluding hydrogens is 366 g/mol. The largest absolute Gasteiger partial charge is 0.477 e. The minimum absolute atomic E-state index is 0.0475. The number of carbonyl (C=O) groups excluding carboxylic acids is 1. The molecule has 1 heterocycles. The lowest BCUT2D eigenvalue weighted by molar-refractivity contribution is -0.0507. The van der Waals surface area contributed by atoms with Gasteiger partial charge in [-0.15, -0.1) is 11.3 Å². The van der Waals surface area contributed by atoms with Gasteiger partial charge in [-0.2, -0.15) is 8.78 Å². The van der Waals surface area contributed by atoms with E-state index >= 15 is 0 Å². The van der Waals surface area contributed by atoms with Crippen LogP contribution in [0.25, 0.3) is 0 Å². The van der Waals surface area contributed by atoms with Crippen LogP contribution >= 0.6 is 11.3 Å². The van der Waals surface area contributed by atoms with Gasteiger partial charge in [0, 0.05) is 5.56 Å². The molecule has 1 unspecified atom stereocenters. The number of ether oxygens (including phenoxy) is 1. The number of aryl methyl sites for hydroxylation is 3. The Kier molecular flexibility index (Phi) is 5.91. The molecule has 140 valence electrons. The number of nitrogens with one attached hydrogen (secondary N) is 1. The highest BCUT2D eigenvalue weighted by Gasteiger charge is 2.21. The Morgan fingerprint density at radius 2 is 1.81 bits per heavy atom. The van der Waals surface area contributed by atoms with Crippen LogP contribution in [0.3, 0.4) is 0 Å². The van der Waals surface area contributed by atoms with Crippen LogP contribution in [0.5, 0.6) is 5.75 Å². The first-order valence-electron chi connectivity index (χ1n) is 7.67. The molecule has 6 nitrogen and oxygen atoms in total. The second-order valence-corrected chi connectivity index (χ2v) is 6.82. The first-order chi connectivity index (χ1) is 12.1. The van der Waals surface area contributed by atoms with Crippen molar-refractivity contribution in [3.8, 4) is 5.75 Å². The lowest BCUT2D eigenvalue weighted by Gasteiger charge is -2.15. The minimum Gasteiger partial charge on any atom is -0.477 e. The van der Waals surface area contributed by atoms with E-state index < -0.39 is 24.5 Å². The van der Waals surface area contributed by atoms with E-state index in [9.17, 15) is 18.4 Å². The van der Waals surface area contributed by atoms with Crippen LogP contribution in [0, 0.1) is 20.8 Å². The number of carboxylic acid groups (broad SMARTS) is 1. The van der Waals surface area contributed by atoms with Crippen LogP contribution in [-0.4, -0.2) is 28.6 Å². The fourth-order valence-electron chi connectivity index (χ4n) is 2.50. The molecule has 0 bridgehead atoms. The fraction of sp³-hybridized carbons (Fsp3) is 0.353. The van der Waals surface area contributed by atoms with Crippen molar-refractivity contribution < 1.29 is 28.2 Å². The monoisotopic (exact) mass is 384 g/mol. The van der Waals surface area contributed by atoms with Gasteiger partial charge >= 0.3 is 12.6 Å². The van der Waals surface area contributed by atoms with Crippen molar-refractivity contribution >= 4 is 23.2 Å². The lowest BCUT2D eigenvalue weighted by Crippen LogP contribution is -2.26. The maximum atomic E-state index is 12.5. The van der Waals surface area contributed by atoms with Gasteiger partial charge < -0.3 is 15.2 Å². The third kappa shape index (κ3) is 4.34. The summed E-state index contributed by atoms with van der Waals surface area (Å²) in [6, 6.07) is 2.42. The van der Waals surface area contributed by atoms with Crippen molar-refractivity contribution in [3.63, 3.8) is 0 Å². The van der Waals surface area contributed by atoms with E-state index in [1.165, 1.54) is 12.1 Å². The molecule has 2 N–H and O–H groups in total. The summed E-state index contributed by atoms with van der Waals surface area (Å²) in [5.41, 5.74) is 1.52. The summed E-state index contributed by atoms with van der Waals surface area (Å²) in [7, 11) is 0. The SMILES string of the molecule is Cc1cc(C(=O)NC(C)c2nc(C)c(C(=O)O)s2)cc(C)c1OC(F)F. The highest BCUT2D eigenvalue weighted by atomic mass is 32.1. The molecule has 1 atom stereocenters. The molecule has 2 aromatic rings. The molecule has 0 fully saturated rings. The number of alkyl halides is 2. The maximum absolute atomic E-state index is 12.5. The van der Waals surface area contributed by atoms with Gasteiger partial charge in [-0.3, -0.25) is 4.79 Å². The molecule has 2 rings (SSSR count). The van der Waals surface area contributed by atoms with Crippen LogP contribution in [0.2, 0.25) is 0 Å². The quantitative estimate of drug-likeness (QED) is 0.790.